The van der Waals surface area contributed by atoms with E-state index in [0.29, 0.717) is 19.1 Å². The van der Waals surface area contributed by atoms with Gasteiger partial charge in [0.1, 0.15) is 17.7 Å². The SMILES string of the molecule is [C-]#[N+]CCNC1CCN(Cc2ccn3ncnc(Nc4ccc5c(cnn5Cc5cccc(F)c5)c4)c23)CC1. The molecule has 4 heterocycles. The zero-order valence-corrected chi connectivity index (χ0v) is 21.6. The van der Waals surface area contributed by atoms with Gasteiger partial charge in [0.05, 0.1) is 24.8 Å². The van der Waals surface area contributed by atoms with E-state index in [1.165, 1.54) is 17.7 Å². The monoisotopic (exact) mass is 523 g/mol. The summed E-state index contributed by atoms with van der Waals surface area (Å²) in [5.41, 5.74) is 4.91. The molecule has 0 atom stereocenters. The number of rotatable bonds is 9. The van der Waals surface area contributed by atoms with E-state index in [0.717, 1.165) is 72.5 Å². The van der Waals surface area contributed by atoms with Crippen LogP contribution in [0, 0.1) is 12.4 Å². The second-order valence-electron chi connectivity index (χ2n) is 9.96. The van der Waals surface area contributed by atoms with Gasteiger partial charge in [-0.25, -0.2) is 20.5 Å². The molecule has 0 unspecified atom stereocenters. The number of hydrogen-bond acceptors (Lipinski definition) is 6. The molecular weight excluding hydrogens is 493 g/mol. The number of fused-ring (bicyclic) bond motifs is 2. The first-order valence-corrected chi connectivity index (χ1v) is 13.2. The van der Waals surface area contributed by atoms with Crippen LogP contribution >= 0.6 is 0 Å². The molecule has 0 aliphatic carbocycles. The Labute approximate surface area is 226 Å². The molecule has 3 aromatic heterocycles. The van der Waals surface area contributed by atoms with Crippen molar-refractivity contribution in [1.82, 2.24) is 34.6 Å². The second-order valence-corrected chi connectivity index (χ2v) is 9.96. The van der Waals surface area contributed by atoms with Crippen LogP contribution in [0.15, 0.2) is 67.3 Å². The Kier molecular flexibility index (Phi) is 7.17. The van der Waals surface area contributed by atoms with Gasteiger partial charge in [0.2, 0.25) is 6.54 Å². The van der Waals surface area contributed by atoms with Crippen LogP contribution in [-0.2, 0) is 13.1 Å². The molecule has 39 heavy (non-hydrogen) atoms. The predicted octanol–water partition coefficient (Wildman–Crippen LogP) is 4.48. The minimum atomic E-state index is -0.245. The van der Waals surface area contributed by atoms with E-state index in [2.05, 4.69) is 47.7 Å². The molecule has 5 aromatic rings. The van der Waals surface area contributed by atoms with Gasteiger partial charge in [-0.05, 0) is 73.5 Å². The lowest BCUT2D eigenvalue weighted by Crippen LogP contribution is -2.42. The molecule has 198 valence electrons. The van der Waals surface area contributed by atoms with Crippen molar-refractivity contribution in [3.05, 3.63) is 95.6 Å². The van der Waals surface area contributed by atoms with Crippen LogP contribution < -0.4 is 10.6 Å². The molecule has 0 radical (unpaired) electrons. The van der Waals surface area contributed by atoms with Crippen LogP contribution in [0.5, 0.6) is 0 Å². The first-order chi connectivity index (χ1) is 19.2. The minimum Gasteiger partial charge on any atom is -0.338 e. The summed E-state index contributed by atoms with van der Waals surface area (Å²) in [6, 6.07) is 15.3. The van der Waals surface area contributed by atoms with Crippen LogP contribution in [0.3, 0.4) is 0 Å². The zero-order valence-electron chi connectivity index (χ0n) is 21.6. The van der Waals surface area contributed by atoms with Crippen molar-refractivity contribution < 1.29 is 4.39 Å². The van der Waals surface area contributed by atoms with Crippen LogP contribution in [0.25, 0.3) is 21.3 Å². The van der Waals surface area contributed by atoms with Crippen molar-refractivity contribution in [2.75, 3.05) is 31.5 Å². The fourth-order valence-electron chi connectivity index (χ4n) is 5.33. The van der Waals surface area contributed by atoms with Crippen molar-refractivity contribution in [1.29, 1.82) is 0 Å². The molecule has 0 spiro atoms. The molecule has 0 amide bonds. The number of halogens is 1. The maximum atomic E-state index is 13.6. The summed E-state index contributed by atoms with van der Waals surface area (Å²) >= 11 is 0. The van der Waals surface area contributed by atoms with E-state index >= 15 is 0 Å². The highest BCUT2D eigenvalue weighted by molar-refractivity contribution is 5.85. The first-order valence-electron chi connectivity index (χ1n) is 13.2. The van der Waals surface area contributed by atoms with Crippen LogP contribution in [0.1, 0.15) is 24.0 Å². The van der Waals surface area contributed by atoms with Crippen molar-refractivity contribution in [2.24, 2.45) is 0 Å². The van der Waals surface area contributed by atoms with Crippen molar-refractivity contribution in [2.45, 2.75) is 32.0 Å². The fraction of sp³-hybridized carbons (Fsp3) is 0.310. The lowest BCUT2D eigenvalue weighted by atomic mass is 10.0. The molecule has 6 rings (SSSR count). The zero-order chi connectivity index (χ0) is 26.6. The van der Waals surface area contributed by atoms with E-state index in [1.807, 2.05) is 39.8 Å². The number of nitrogens with zero attached hydrogens (tertiary/aromatic N) is 7. The Hall–Kier alpha value is -4.33. The average Bonchev–Trinajstić information content (AvgIpc) is 3.54. The van der Waals surface area contributed by atoms with Crippen LogP contribution in [-0.4, -0.2) is 61.5 Å². The van der Waals surface area contributed by atoms with Gasteiger partial charge in [0.15, 0.2) is 5.82 Å². The lowest BCUT2D eigenvalue weighted by Gasteiger charge is -2.32. The number of benzene rings is 2. The van der Waals surface area contributed by atoms with Gasteiger partial charge < -0.3 is 15.5 Å². The number of aromatic nitrogens is 5. The highest BCUT2D eigenvalue weighted by Crippen LogP contribution is 2.27. The van der Waals surface area contributed by atoms with Crippen LogP contribution in [0.4, 0.5) is 15.9 Å². The predicted molar refractivity (Wildman–Crippen MR) is 149 cm³/mol. The van der Waals surface area contributed by atoms with Gasteiger partial charge in [0.25, 0.3) is 0 Å². The summed E-state index contributed by atoms with van der Waals surface area (Å²) in [6.45, 7) is 11.6. The molecular formula is C29H30FN9. The topological polar surface area (TPSA) is 79.7 Å². The Balaban J connectivity index is 1.17. The largest absolute Gasteiger partial charge is 0.338 e. The van der Waals surface area contributed by atoms with Gasteiger partial charge in [-0.15, -0.1) is 0 Å². The first kappa shape index (κ1) is 25.0. The summed E-state index contributed by atoms with van der Waals surface area (Å²) < 4.78 is 17.4. The number of likely N-dealkylation sites (tertiary alicyclic amines) is 1. The van der Waals surface area contributed by atoms with E-state index in [-0.39, 0.29) is 5.82 Å². The van der Waals surface area contributed by atoms with E-state index in [9.17, 15) is 4.39 Å². The average molecular weight is 524 g/mol. The van der Waals surface area contributed by atoms with Gasteiger partial charge in [-0.3, -0.25) is 9.58 Å². The molecule has 2 N–H and O–H groups in total. The quantitative estimate of drug-likeness (QED) is 0.219. The van der Waals surface area contributed by atoms with E-state index in [4.69, 9.17) is 6.57 Å². The molecule has 2 aromatic carbocycles. The Morgan fingerprint density at radius 3 is 2.79 bits per heavy atom. The Bertz CT molecular complexity index is 1630. The van der Waals surface area contributed by atoms with Gasteiger partial charge >= 0.3 is 0 Å². The molecule has 1 aliphatic rings. The smallest absolute Gasteiger partial charge is 0.226 e. The molecule has 1 saturated heterocycles. The molecule has 1 aliphatic heterocycles. The maximum Gasteiger partial charge on any atom is 0.226 e. The number of hydrogen-bond donors (Lipinski definition) is 2. The van der Waals surface area contributed by atoms with Gasteiger partial charge in [-0.1, -0.05) is 12.1 Å². The van der Waals surface area contributed by atoms with Crippen molar-refractivity contribution in [3.63, 3.8) is 0 Å². The highest BCUT2D eigenvalue weighted by Gasteiger charge is 2.21. The molecule has 9 nitrogen and oxygen atoms in total. The molecule has 0 saturated carbocycles. The summed E-state index contributed by atoms with van der Waals surface area (Å²) in [5.74, 6) is 0.512. The van der Waals surface area contributed by atoms with Gasteiger partial charge in [0, 0.05) is 29.9 Å². The summed E-state index contributed by atoms with van der Waals surface area (Å²) in [5, 5.41) is 16.9. The number of anilines is 2. The summed E-state index contributed by atoms with van der Waals surface area (Å²) in [6.07, 6.45) is 7.54. The fourth-order valence-corrected chi connectivity index (χ4v) is 5.33. The third-order valence-corrected chi connectivity index (χ3v) is 7.30. The third kappa shape index (κ3) is 5.60. The van der Waals surface area contributed by atoms with Crippen LogP contribution in [0.2, 0.25) is 0 Å². The third-order valence-electron chi connectivity index (χ3n) is 7.30. The number of piperidine rings is 1. The molecule has 1 fully saturated rings. The number of nitrogens with one attached hydrogen (secondary N) is 2. The molecule has 0 bridgehead atoms. The highest BCUT2D eigenvalue weighted by atomic mass is 19.1. The summed E-state index contributed by atoms with van der Waals surface area (Å²) in [7, 11) is 0. The molecule has 10 heteroatoms. The van der Waals surface area contributed by atoms with E-state index < -0.39 is 0 Å². The van der Waals surface area contributed by atoms with Gasteiger partial charge in [-0.2, -0.15) is 10.2 Å². The summed E-state index contributed by atoms with van der Waals surface area (Å²) in [4.78, 5) is 10.5. The standard InChI is InChI=1S/C29H30FN9/c1-31-10-11-32-25-8-12-37(13-9-25)19-22-7-14-38-28(22)29(33-20-35-38)36-26-5-6-27-23(16-26)17-34-39(27)18-21-3-2-4-24(30)15-21/h2-7,14-17,20,25,32H,8-13,18-19H2,(H,33,35,36). The minimum absolute atomic E-state index is 0.245. The van der Waals surface area contributed by atoms with Crippen molar-refractivity contribution >= 4 is 27.9 Å². The Morgan fingerprint density at radius 1 is 1.05 bits per heavy atom. The van der Waals surface area contributed by atoms with E-state index in [1.54, 1.807) is 12.4 Å². The maximum absolute atomic E-state index is 13.6. The second kappa shape index (κ2) is 11.2. The lowest BCUT2D eigenvalue weighted by molar-refractivity contribution is 0.192. The van der Waals surface area contributed by atoms with Crippen molar-refractivity contribution in [3.8, 4) is 0 Å². The normalized spacial score (nSPS) is 14.7. The Morgan fingerprint density at radius 2 is 1.95 bits per heavy atom.